The molecule has 1 saturated carbocycles. The summed E-state index contributed by atoms with van der Waals surface area (Å²) in [5.41, 5.74) is 4.45. The van der Waals surface area contributed by atoms with E-state index >= 15 is 0 Å². The van der Waals surface area contributed by atoms with Gasteiger partial charge in [0.15, 0.2) is 0 Å². The SMILES string of the molecule is C=CCc1ccc(C)c(C2CCC2)c1. The van der Waals surface area contributed by atoms with Gasteiger partial charge in [0.05, 0.1) is 0 Å². The van der Waals surface area contributed by atoms with Crippen LogP contribution >= 0.6 is 0 Å². The Morgan fingerprint density at radius 2 is 2.21 bits per heavy atom. The molecular weight excluding hydrogens is 168 g/mol. The van der Waals surface area contributed by atoms with E-state index in [0.717, 1.165) is 12.3 Å². The Labute approximate surface area is 86.7 Å². The summed E-state index contributed by atoms with van der Waals surface area (Å²) in [7, 11) is 0. The molecule has 0 N–H and O–H groups in total. The van der Waals surface area contributed by atoms with Crippen LogP contribution in [0.5, 0.6) is 0 Å². The number of hydrogen-bond donors (Lipinski definition) is 0. The summed E-state index contributed by atoms with van der Waals surface area (Å²) in [5, 5.41) is 0. The minimum Gasteiger partial charge on any atom is -0.103 e. The molecule has 0 bridgehead atoms. The molecule has 0 amide bonds. The molecule has 14 heavy (non-hydrogen) atoms. The molecule has 0 heteroatoms. The fraction of sp³-hybridized carbons (Fsp3) is 0.429. The van der Waals surface area contributed by atoms with Crippen LogP contribution in [0.2, 0.25) is 0 Å². The van der Waals surface area contributed by atoms with Crippen LogP contribution in [0.4, 0.5) is 0 Å². The van der Waals surface area contributed by atoms with Crippen LogP contribution in [-0.2, 0) is 6.42 Å². The number of hydrogen-bond acceptors (Lipinski definition) is 0. The molecule has 1 aliphatic rings. The summed E-state index contributed by atoms with van der Waals surface area (Å²) in [5.74, 6) is 0.847. The third-order valence-electron chi connectivity index (χ3n) is 3.27. The molecule has 1 fully saturated rings. The molecular formula is C14H18. The molecule has 1 aliphatic carbocycles. The zero-order chi connectivity index (χ0) is 9.97. The van der Waals surface area contributed by atoms with Gasteiger partial charge in [0.2, 0.25) is 0 Å². The van der Waals surface area contributed by atoms with Crippen LogP contribution in [-0.4, -0.2) is 0 Å². The first-order valence-corrected chi connectivity index (χ1v) is 5.51. The Hall–Kier alpha value is -1.04. The van der Waals surface area contributed by atoms with E-state index in [1.54, 1.807) is 5.56 Å². The van der Waals surface area contributed by atoms with Crippen LogP contribution in [0.25, 0.3) is 0 Å². The van der Waals surface area contributed by atoms with Gasteiger partial charge in [0, 0.05) is 0 Å². The number of benzene rings is 1. The predicted octanol–water partition coefficient (Wildman–Crippen LogP) is 3.99. The van der Waals surface area contributed by atoms with E-state index in [2.05, 4.69) is 31.7 Å². The number of rotatable bonds is 3. The third-order valence-corrected chi connectivity index (χ3v) is 3.27. The Morgan fingerprint density at radius 3 is 2.79 bits per heavy atom. The highest BCUT2D eigenvalue weighted by atomic mass is 14.3. The minimum absolute atomic E-state index is 0.847. The van der Waals surface area contributed by atoms with Gasteiger partial charge in [-0.05, 0) is 48.8 Å². The lowest BCUT2D eigenvalue weighted by Gasteiger charge is -2.27. The summed E-state index contributed by atoms with van der Waals surface area (Å²) in [4.78, 5) is 0. The average molecular weight is 186 g/mol. The van der Waals surface area contributed by atoms with Crippen LogP contribution in [0.3, 0.4) is 0 Å². The summed E-state index contributed by atoms with van der Waals surface area (Å²) in [6.07, 6.45) is 7.17. The van der Waals surface area contributed by atoms with Crippen molar-refractivity contribution in [3.05, 3.63) is 47.5 Å². The van der Waals surface area contributed by atoms with Crippen molar-refractivity contribution in [1.29, 1.82) is 0 Å². The van der Waals surface area contributed by atoms with Gasteiger partial charge in [0.25, 0.3) is 0 Å². The monoisotopic (exact) mass is 186 g/mol. The largest absolute Gasteiger partial charge is 0.103 e. The van der Waals surface area contributed by atoms with Crippen molar-refractivity contribution in [1.82, 2.24) is 0 Å². The summed E-state index contributed by atoms with van der Waals surface area (Å²) in [6, 6.07) is 6.85. The molecule has 0 aromatic heterocycles. The normalized spacial score (nSPS) is 16.4. The maximum absolute atomic E-state index is 3.79. The van der Waals surface area contributed by atoms with E-state index in [9.17, 15) is 0 Å². The molecule has 74 valence electrons. The first-order chi connectivity index (χ1) is 6.81. The molecule has 0 nitrogen and oxygen atoms in total. The standard InChI is InChI=1S/C14H18/c1-3-5-12-9-8-11(2)14(10-12)13-6-4-7-13/h3,8-10,13H,1,4-7H2,2H3. The third kappa shape index (κ3) is 1.75. The number of aryl methyl sites for hydroxylation is 1. The van der Waals surface area contributed by atoms with Gasteiger partial charge in [-0.15, -0.1) is 6.58 Å². The van der Waals surface area contributed by atoms with Crippen LogP contribution in [0.15, 0.2) is 30.9 Å². The average Bonchev–Trinajstić information content (AvgIpc) is 2.08. The maximum atomic E-state index is 3.79. The molecule has 0 atom stereocenters. The molecule has 0 radical (unpaired) electrons. The smallest absolute Gasteiger partial charge is 0.0100 e. The van der Waals surface area contributed by atoms with Crippen LogP contribution in [0.1, 0.15) is 41.9 Å². The molecule has 1 aromatic carbocycles. The lowest BCUT2D eigenvalue weighted by atomic mass is 9.78. The first-order valence-electron chi connectivity index (χ1n) is 5.51. The highest BCUT2D eigenvalue weighted by molar-refractivity contribution is 5.35. The minimum atomic E-state index is 0.847. The van der Waals surface area contributed by atoms with E-state index in [0.29, 0.717) is 0 Å². The molecule has 1 aromatic rings. The van der Waals surface area contributed by atoms with E-state index < -0.39 is 0 Å². The van der Waals surface area contributed by atoms with Crippen molar-refractivity contribution in [2.45, 2.75) is 38.5 Å². The second-order valence-corrected chi connectivity index (χ2v) is 4.31. The highest BCUT2D eigenvalue weighted by Gasteiger charge is 2.20. The van der Waals surface area contributed by atoms with Gasteiger partial charge in [-0.1, -0.05) is 30.7 Å². The quantitative estimate of drug-likeness (QED) is 0.626. The zero-order valence-corrected chi connectivity index (χ0v) is 8.92. The molecule has 0 saturated heterocycles. The van der Waals surface area contributed by atoms with Crippen molar-refractivity contribution < 1.29 is 0 Å². The van der Waals surface area contributed by atoms with Crippen molar-refractivity contribution >= 4 is 0 Å². The van der Waals surface area contributed by atoms with Crippen LogP contribution < -0.4 is 0 Å². The molecule has 2 rings (SSSR count). The first kappa shape index (κ1) is 9.51. The van der Waals surface area contributed by atoms with Crippen molar-refractivity contribution in [3.8, 4) is 0 Å². The Morgan fingerprint density at radius 1 is 1.43 bits per heavy atom. The molecule has 0 unspecified atom stereocenters. The Bertz CT molecular complexity index is 332. The lowest BCUT2D eigenvalue weighted by molar-refractivity contribution is 0.418. The summed E-state index contributed by atoms with van der Waals surface area (Å²) < 4.78 is 0. The fourth-order valence-corrected chi connectivity index (χ4v) is 2.14. The number of allylic oxidation sites excluding steroid dienone is 1. The van der Waals surface area contributed by atoms with E-state index in [1.807, 2.05) is 6.08 Å². The highest BCUT2D eigenvalue weighted by Crippen LogP contribution is 2.38. The maximum Gasteiger partial charge on any atom is -0.0100 e. The Balaban J connectivity index is 2.26. The zero-order valence-electron chi connectivity index (χ0n) is 8.92. The topological polar surface area (TPSA) is 0 Å². The second-order valence-electron chi connectivity index (χ2n) is 4.31. The van der Waals surface area contributed by atoms with Crippen molar-refractivity contribution in [2.75, 3.05) is 0 Å². The van der Waals surface area contributed by atoms with Crippen molar-refractivity contribution in [2.24, 2.45) is 0 Å². The molecule has 0 aliphatic heterocycles. The van der Waals surface area contributed by atoms with Crippen LogP contribution in [0, 0.1) is 6.92 Å². The van der Waals surface area contributed by atoms with Gasteiger partial charge >= 0.3 is 0 Å². The van der Waals surface area contributed by atoms with Gasteiger partial charge < -0.3 is 0 Å². The van der Waals surface area contributed by atoms with Gasteiger partial charge in [-0.3, -0.25) is 0 Å². The lowest BCUT2D eigenvalue weighted by Crippen LogP contribution is -2.10. The fourth-order valence-electron chi connectivity index (χ4n) is 2.14. The van der Waals surface area contributed by atoms with Gasteiger partial charge in [-0.2, -0.15) is 0 Å². The summed E-state index contributed by atoms with van der Waals surface area (Å²) >= 11 is 0. The van der Waals surface area contributed by atoms with E-state index in [1.165, 1.54) is 30.4 Å². The van der Waals surface area contributed by atoms with E-state index in [-0.39, 0.29) is 0 Å². The Kier molecular flexibility index (Phi) is 2.72. The predicted molar refractivity (Wildman–Crippen MR) is 61.7 cm³/mol. The second kappa shape index (κ2) is 4.00. The molecule has 0 spiro atoms. The molecule has 0 heterocycles. The van der Waals surface area contributed by atoms with Gasteiger partial charge in [0.1, 0.15) is 0 Å². The van der Waals surface area contributed by atoms with E-state index in [4.69, 9.17) is 0 Å². The van der Waals surface area contributed by atoms with Gasteiger partial charge in [-0.25, -0.2) is 0 Å². The summed E-state index contributed by atoms with van der Waals surface area (Å²) in [6.45, 7) is 6.01. The van der Waals surface area contributed by atoms with Crippen molar-refractivity contribution in [3.63, 3.8) is 0 Å².